The molecule has 0 bridgehead atoms. The van der Waals surface area contributed by atoms with E-state index in [0.29, 0.717) is 18.5 Å². The Bertz CT molecular complexity index is 571. The van der Waals surface area contributed by atoms with E-state index in [1.807, 2.05) is 16.8 Å². The summed E-state index contributed by atoms with van der Waals surface area (Å²) in [4.78, 5) is 11.8. The van der Waals surface area contributed by atoms with E-state index < -0.39 is 0 Å². The maximum absolute atomic E-state index is 13.4. The number of benzene rings is 1. The smallest absolute Gasteiger partial charge is 0.220 e. The minimum absolute atomic E-state index is 0.101. The molecular weight excluding hydrogens is 289 g/mol. The van der Waals surface area contributed by atoms with Crippen LogP contribution >= 0.6 is 11.3 Å². The largest absolute Gasteiger partial charge is 0.375 e. The average Bonchev–Trinajstić information content (AvgIpc) is 3.01. The summed E-state index contributed by atoms with van der Waals surface area (Å²) < 4.78 is 18.8. The third-order valence-corrected chi connectivity index (χ3v) is 3.96. The van der Waals surface area contributed by atoms with Gasteiger partial charge in [0.15, 0.2) is 0 Å². The number of carbonyl (C=O) groups is 1. The molecular formula is C16H18FNO2S. The Morgan fingerprint density at radius 1 is 1.38 bits per heavy atom. The highest BCUT2D eigenvalue weighted by Crippen LogP contribution is 2.18. The fourth-order valence-electron chi connectivity index (χ4n) is 2.04. The van der Waals surface area contributed by atoms with Gasteiger partial charge in [0.1, 0.15) is 11.9 Å². The summed E-state index contributed by atoms with van der Waals surface area (Å²) in [5, 5.41) is 6.80. The molecule has 2 rings (SSSR count). The Balaban J connectivity index is 1.78. The summed E-state index contributed by atoms with van der Waals surface area (Å²) in [6.45, 7) is 0.420. The molecule has 0 spiro atoms. The number of hydrogen-bond donors (Lipinski definition) is 1. The summed E-state index contributed by atoms with van der Waals surface area (Å²) in [6, 6.07) is 8.50. The van der Waals surface area contributed by atoms with Crippen LogP contribution in [-0.4, -0.2) is 19.6 Å². The number of aryl methyl sites for hydroxylation is 1. The normalized spacial score (nSPS) is 12.1. The lowest BCUT2D eigenvalue weighted by Crippen LogP contribution is -2.29. The molecule has 1 aromatic heterocycles. The molecule has 2 aromatic rings. The van der Waals surface area contributed by atoms with Crippen LogP contribution in [0.5, 0.6) is 0 Å². The summed E-state index contributed by atoms with van der Waals surface area (Å²) >= 11 is 1.59. The second kappa shape index (κ2) is 7.90. The van der Waals surface area contributed by atoms with Gasteiger partial charge >= 0.3 is 0 Å². The third-order valence-electron chi connectivity index (χ3n) is 3.26. The van der Waals surface area contributed by atoms with Crippen LogP contribution in [0.25, 0.3) is 0 Å². The molecule has 0 saturated heterocycles. The van der Waals surface area contributed by atoms with E-state index >= 15 is 0 Å². The van der Waals surface area contributed by atoms with E-state index in [2.05, 4.69) is 5.32 Å². The lowest BCUT2D eigenvalue weighted by molar-refractivity contribution is -0.121. The van der Waals surface area contributed by atoms with Gasteiger partial charge in [-0.1, -0.05) is 18.2 Å². The van der Waals surface area contributed by atoms with Crippen molar-refractivity contribution in [2.45, 2.75) is 18.9 Å². The van der Waals surface area contributed by atoms with Gasteiger partial charge in [0, 0.05) is 20.1 Å². The Hall–Kier alpha value is -1.72. The lowest BCUT2D eigenvalue weighted by Gasteiger charge is -2.15. The summed E-state index contributed by atoms with van der Waals surface area (Å²) in [5.74, 6) is -0.367. The first-order valence-corrected chi connectivity index (χ1v) is 7.70. The van der Waals surface area contributed by atoms with Crippen LogP contribution in [0.15, 0.2) is 41.1 Å². The first-order chi connectivity index (χ1) is 10.2. The predicted octanol–water partition coefficient (Wildman–Crippen LogP) is 3.32. The summed E-state index contributed by atoms with van der Waals surface area (Å²) in [5.41, 5.74) is 1.62. The zero-order valence-corrected chi connectivity index (χ0v) is 12.7. The van der Waals surface area contributed by atoms with Crippen molar-refractivity contribution < 1.29 is 13.9 Å². The van der Waals surface area contributed by atoms with Gasteiger partial charge in [-0.15, -0.1) is 0 Å². The van der Waals surface area contributed by atoms with Crippen molar-refractivity contribution in [3.05, 3.63) is 58.0 Å². The van der Waals surface area contributed by atoms with E-state index in [1.165, 1.54) is 6.07 Å². The van der Waals surface area contributed by atoms with Gasteiger partial charge in [0.25, 0.3) is 0 Å². The van der Waals surface area contributed by atoms with Gasteiger partial charge in [-0.3, -0.25) is 4.79 Å². The minimum Gasteiger partial charge on any atom is -0.375 e. The summed E-state index contributed by atoms with van der Waals surface area (Å²) in [6.07, 6.45) is 0.518. The van der Waals surface area contributed by atoms with E-state index in [4.69, 9.17) is 4.74 Å². The Morgan fingerprint density at radius 3 is 2.86 bits per heavy atom. The van der Waals surface area contributed by atoms with Crippen molar-refractivity contribution in [1.82, 2.24) is 5.32 Å². The number of thiophene rings is 1. The van der Waals surface area contributed by atoms with Crippen LogP contribution in [0, 0.1) is 5.82 Å². The Kier molecular flexibility index (Phi) is 5.90. The molecule has 0 saturated carbocycles. The van der Waals surface area contributed by atoms with Gasteiger partial charge in [0.05, 0.1) is 0 Å². The van der Waals surface area contributed by atoms with Crippen LogP contribution in [0.1, 0.15) is 23.7 Å². The molecule has 0 aliphatic heterocycles. The molecule has 1 heterocycles. The number of rotatable bonds is 7. The second-order valence-electron chi connectivity index (χ2n) is 4.68. The van der Waals surface area contributed by atoms with Crippen molar-refractivity contribution in [3.8, 4) is 0 Å². The van der Waals surface area contributed by atoms with Crippen LogP contribution in [0.3, 0.4) is 0 Å². The molecule has 0 radical (unpaired) electrons. The molecule has 1 atom stereocenters. The molecule has 21 heavy (non-hydrogen) atoms. The first kappa shape index (κ1) is 15.7. The van der Waals surface area contributed by atoms with E-state index in [1.54, 1.807) is 36.6 Å². The predicted molar refractivity (Wildman–Crippen MR) is 81.8 cm³/mol. The first-order valence-electron chi connectivity index (χ1n) is 6.75. The monoisotopic (exact) mass is 307 g/mol. The van der Waals surface area contributed by atoms with Gasteiger partial charge in [-0.05, 0) is 40.4 Å². The molecule has 0 aliphatic rings. The van der Waals surface area contributed by atoms with Gasteiger partial charge in [-0.25, -0.2) is 4.39 Å². The van der Waals surface area contributed by atoms with Crippen molar-refractivity contribution in [2.75, 3.05) is 13.7 Å². The number of hydrogen-bond acceptors (Lipinski definition) is 3. The average molecular weight is 307 g/mol. The van der Waals surface area contributed by atoms with Crippen molar-refractivity contribution >= 4 is 17.2 Å². The molecule has 5 heteroatoms. The maximum atomic E-state index is 13.4. The fraction of sp³-hybridized carbons (Fsp3) is 0.312. The minimum atomic E-state index is -0.265. The third kappa shape index (κ3) is 4.65. The SMILES string of the molecule is CO[C@@H](CNC(=O)CCc1ccccc1F)c1ccsc1. The quantitative estimate of drug-likeness (QED) is 0.852. The molecule has 3 nitrogen and oxygen atoms in total. The molecule has 0 fully saturated rings. The number of amides is 1. The second-order valence-corrected chi connectivity index (χ2v) is 5.46. The number of nitrogens with one attached hydrogen (secondary N) is 1. The van der Waals surface area contributed by atoms with Crippen LogP contribution in [0.2, 0.25) is 0 Å². The number of halogens is 1. The summed E-state index contributed by atoms with van der Waals surface area (Å²) in [7, 11) is 1.62. The molecule has 0 aliphatic carbocycles. The molecule has 112 valence electrons. The van der Waals surface area contributed by atoms with E-state index in [0.717, 1.165) is 5.56 Å². The highest BCUT2D eigenvalue weighted by Gasteiger charge is 2.12. The number of ether oxygens (including phenoxy) is 1. The van der Waals surface area contributed by atoms with Crippen LogP contribution in [0.4, 0.5) is 4.39 Å². The highest BCUT2D eigenvalue weighted by atomic mass is 32.1. The van der Waals surface area contributed by atoms with E-state index in [9.17, 15) is 9.18 Å². The van der Waals surface area contributed by atoms with Crippen LogP contribution < -0.4 is 5.32 Å². The van der Waals surface area contributed by atoms with Crippen LogP contribution in [-0.2, 0) is 16.0 Å². The van der Waals surface area contributed by atoms with Gasteiger partial charge in [-0.2, -0.15) is 11.3 Å². The molecule has 1 aromatic carbocycles. The van der Waals surface area contributed by atoms with Crippen molar-refractivity contribution in [3.63, 3.8) is 0 Å². The number of carbonyl (C=O) groups excluding carboxylic acids is 1. The van der Waals surface area contributed by atoms with Crippen molar-refractivity contribution in [2.24, 2.45) is 0 Å². The highest BCUT2D eigenvalue weighted by molar-refractivity contribution is 7.07. The molecule has 1 amide bonds. The van der Waals surface area contributed by atoms with Gasteiger partial charge in [0.2, 0.25) is 5.91 Å². The van der Waals surface area contributed by atoms with Crippen molar-refractivity contribution in [1.29, 1.82) is 0 Å². The zero-order valence-electron chi connectivity index (χ0n) is 11.8. The maximum Gasteiger partial charge on any atom is 0.220 e. The van der Waals surface area contributed by atoms with Gasteiger partial charge < -0.3 is 10.1 Å². The Labute approximate surface area is 127 Å². The number of methoxy groups -OCH3 is 1. The molecule has 0 unspecified atom stereocenters. The van der Waals surface area contributed by atoms with E-state index in [-0.39, 0.29) is 24.2 Å². The lowest BCUT2D eigenvalue weighted by atomic mass is 10.1. The standard InChI is InChI=1S/C16H18FNO2S/c1-20-15(13-8-9-21-11-13)10-18-16(19)7-6-12-4-2-3-5-14(12)17/h2-5,8-9,11,15H,6-7,10H2,1H3,(H,18,19)/t15-/m0/s1. The topological polar surface area (TPSA) is 38.3 Å². The fourth-order valence-corrected chi connectivity index (χ4v) is 2.74. The Morgan fingerprint density at radius 2 is 2.19 bits per heavy atom. The zero-order chi connectivity index (χ0) is 15.1. The molecule has 1 N–H and O–H groups in total.